The molecule has 0 spiro atoms. The summed E-state index contributed by atoms with van der Waals surface area (Å²) in [5.74, 6) is 0. The van der Waals surface area contributed by atoms with Crippen molar-refractivity contribution in [2.24, 2.45) is 0 Å². The summed E-state index contributed by atoms with van der Waals surface area (Å²) < 4.78 is 0. The minimum Gasteiger partial charge on any atom is -0.310 e. The Kier molecular flexibility index (Phi) is 8.20. The zero-order chi connectivity index (χ0) is 39.5. The van der Waals surface area contributed by atoms with E-state index in [4.69, 9.17) is 0 Å². The van der Waals surface area contributed by atoms with Gasteiger partial charge in [-0.3, -0.25) is 0 Å². The first-order valence-corrected chi connectivity index (χ1v) is 20.5. The summed E-state index contributed by atoms with van der Waals surface area (Å²) in [5, 5.41) is 7.49. The van der Waals surface area contributed by atoms with Crippen molar-refractivity contribution in [1.82, 2.24) is 0 Å². The summed E-state index contributed by atoms with van der Waals surface area (Å²) in [6, 6.07) is 79.8. The van der Waals surface area contributed by atoms with E-state index in [0.29, 0.717) is 0 Å². The van der Waals surface area contributed by atoms with Gasteiger partial charge in [-0.25, -0.2) is 0 Å². The standard InChI is InChI=1S/C57H42N2/c1-57(2)54-37-49(59(45-21-7-4-8-22-45)48-32-26-40-16-10-12-18-43(40)36-48)33-34-52(54)56-51-24-14-13-23-50(51)53(38-55(56)57)41-27-29-46(30-28-41)58(44-19-5-3-6-20-44)47-31-25-39-15-9-11-17-42(39)35-47/h3-38H,1-2H3. The van der Waals surface area contributed by atoms with E-state index in [0.717, 1.165) is 34.1 Å². The molecule has 11 rings (SSSR count). The smallest absolute Gasteiger partial charge is 0.0468 e. The topological polar surface area (TPSA) is 6.48 Å². The molecule has 280 valence electrons. The molecule has 0 saturated heterocycles. The number of hydrogen-bond acceptors (Lipinski definition) is 2. The molecule has 0 unspecified atom stereocenters. The Morgan fingerprint density at radius 1 is 0.305 bits per heavy atom. The highest BCUT2D eigenvalue weighted by Crippen LogP contribution is 2.55. The maximum Gasteiger partial charge on any atom is 0.0468 e. The number of para-hydroxylation sites is 2. The third-order valence-corrected chi connectivity index (χ3v) is 12.4. The first kappa shape index (κ1) is 34.8. The third kappa shape index (κ3) is 5.87. The van der Waals surface area contributed by atoms with E-state index in [-0.39, 0.29) is 5.41 Å². The Bertz CT molecular complexity index is 3180. The van der Waals surface area contributed by atoms with Crippen LogP contribution in [-0.2, 0) is 5.41 Å². The Hall–Kier alpha value is -7.42. The minimum absolute atomic E-state index is 0.231. The molecule has 0 heterocycles. The van der Waals surface area contributed by atoms with Gasteiger partial charge < -0.3 is 9.80 Å². The molecule has 0 amide bonds. The predicted octanol–water partition coefficient (Wildman–Crippen LogP) is 16.1. The van der Waals surface area contributed by atoms with Crippen molar-refractivity contribution in [3.8, 4) is 22.3 Å². The lowest BCUT2D eigenvalue weighted by molar-refractivity contribution is 0.661. The average molecular weight is 755 g/mol. The van der Waals surface area contributed by atoms with Crippen LogP contribution in [0.5, 0.6) is 0 Å². The van der Waals surface area contributed by atoms with Crippen molar-refractivity contribution in [3.63, 3.8) is 0 Å². The number of rotatable bonds is 7. The third-order valence-electron chi connectivity index (χ3n) is 12.4. The Balaban J connectivity index is 1.02. The summed E-state index contributed by atoms with van der Waals surface area (Å²) in [7, 11) is 0. The molecule has 59 heavy (non-hydrogen) atoms. The van der Waals surface area contributed by atoms with Gasteiger partial charge in [0.2, 0.25) is 0 Å². The summed E-state index contributed by atoms with van der Waals surface area (Å²) in [6.07, 6.45) is 0. The SMILES string of the molecule is CC1(C)c2cc(N(c3ccccc3)c3ccc4ccccc4c3)ccc2-c2c1cc(-c1ccc(N(c3ccccc3)c3ccc4ccccc4c3)cc1)c1ccccc21. The molecule has 10 aromatic rings. The molecule has 0 aromatic heterocycles. The van der Waals surface area contributed by atoms with E-state index in [1.807, 2.05) is 0 Å². The zero-order valence-corrected chi connectivity index (χ0v) is 33.2. The highest BCUT2D eigenvalue weighted by Gasteiger charge is 2.38. The van der Waals surface area contributed by atoms with Crippen LogP contribution in [0.1, 0.15) is 25.0 Å². The van der Waals surface area contributed by atoms with E-state index in [2.05, 4.69) is 242 Å². The summed E-state index contributed by atoms with van der Waals surface area (Å²) >= 11 is 0. The van der Waals surface area contributed by atoms with Crippen molar-refractivity contribution >= 4 is 66.4 Å². The lowest BCUT2D eigenvalue weighted by Gasteiger charge is -2.28. The van der Waals surface area contributed by atoms with Gasteiger partial charge in [0.05, 0.1) is 0 Å². The van der Waals surface area contributed by atoms with Gasteiger partial charge in [0.15, 0.2) is 0 Å². The van der Waals surface area contributed by atoms with Crippen LogP contribution >= 0.6 is 0 Å². The number of nitrogens with zero attached hydrogens (tertiary/aromatic N) is 2. The number of fused-ring (bicyclic) bond motifs is 7. The van der Waals surface area contributed by atoms with Gasteiger partial charge in [0, 0.05) is 39.5 Å². The van der Waals surface area contributed by atoms with Crippen molar-refractivity contribution in [2.75, 3.05) is 9.80 Å². The fraction of sp³-hybridized carbons (Fsp3) is 0.0526. The van der Waals surface area contributed by atoms with E-state index < -0.39 is 0 Å². The molecule has 0 radical (unpaired) electrons. The lowest BCUT2D eigenvalue weighted by atomic mass is 9.80. The molecule has 1 aliphatic carbocycles. The normalized spacial score (nSPS) is 12.7. The second-order valence-corrected chi connectivity index (χ2v) is 16.2. The summed E-state index contributed by atoms with van der Waals surface area (Å²) in [5.41, 5.74) is 14.4. The molecule has 10 aromatic carbocycles. The average Bonchev–Trinajstić information content (AvgIpc) is 3.52. The van der Waals surface area contributed by atoms with Crippen LogP contribution in [0.3, 0.4) is 0 Å². The van der Waals surface area contributed by atoms with Crippen LogP contribution in [0.25, 0.3) is 54.6 Å². The fourth-order valence-corrected chi connectivity index (χ4v) is 9.42. The minimum atomic E-state index is -0.231. The molecule has 0 bridgehead atoms. The molecule has 0 aliphatic heterocycles. The maximum atomic E-state index is 2.48. The van der Waals surface area contributed by atoms with Crippen LogP contribution < -0.4 is 9.80 Å². The molecule has 0 N–H and O–H groups in total. The van der Waals surface area contributed by atoms with Gasteiger partial charge in [-0.05, 0) is 145 Å². The molecular formula is C57H42N2. The van der Waals surface area contributed by atoms with Crippen molar-refractivity contribution in [1.29, 1.82) is 0 Å². The number of hydrogen-bond donors (Lipinski definition) is 0. The lowest BCUT2D eigenvalue weighted by Crippen LogP contribution is -2.16. The molecule has 2 nitrogen and oxygen atoms in total. The molecule has 0 fully saturated rings. The van der Waals surface area contributed by atoms with Crippen molar-refractivity contribution < 1.29 is 0 Å². The molecule has 2 heteroatoms. The Labute approximate surface area is 345 Å². The Morgan fingerprint density at radius 3 is 1.34 bits per heavy atom. The van der Waals surface area contributed by atoms with Crippen LogP contribution in [-0.4, -0.2) is 0 Å². The van der Waals surface area contributed by atoms with Crippen molar-refractivity contribution in [2.45, 2.75) is 19.3 Å². The number of anilines is 6. The summed E-state index contributed by atoms with van der Waals surface area (Å²) in [4.78, 5) is 4.75. The van der Waals surface area contributed by atoms with Gasteiger partial charge in [-0.1, -0.05) is 153 Å². The largest absolute Gasteiger partial charge is 0.310 e. The monoisotopic (exact) mass is 754 g/mol. The van der Waals surface area contributed by atoms with Gasteiger partial charge in [0.25, 0.3) is 0 Å². The predicted molar refractivity (Wildman–Crippen MR) is 251 cm³/mol. The van der Waals surface area contributed by atoms with Gasteiger partial charge in [-0.15, -0.1) is 0 Å². The second kappa shape index (κ2) is 13.9. The van der Waals surface area contributed by atoms with Crippen molar-refractivity contribution in [3.05, 3.63) is 230 Å². The highest BCUT2D eigenvalue weighted by atomic mass is 15.1. The summed E-state index contributed by atoms with van der Waals surface area (Å²) in [6.45, 7) is 4.79. The zero-order valence-electron chi connectivity index (χ0n) is 33.2. The Morgan fingerprint density at radius 2 is 0.746 bits per heavy atom. The van der Waals surface area contributed by atoms with Crippen LogP contribution in [0, 0.1) is 0 Å². The van der Waals surface area contributed by atoms with E-state index in [9.17, 15) is 0 Å². The first-order valence-electron chi connectivity index (χ1n) is 20.5. The van der Waals surface area contributed by atoms with E-state index in [1.54, 1.807) is 0 Å². The molecule has 0 saturated carbocycles. The van der Waals surface area contributed by atoms with Crippen LogP contribution in [0.2, 0.25) is 0 Å². The highest BCUT2D eigenvalue weighted by molar-refractivity contribution is 6.09. The molecular weight excluding hydrogens is 713 g/mol. The maximum absolute atomic E-state index is 2.48. The number of benzene rings is 10. The van der Waals surface area contributed by atoms with Crippen LogP contribution in [0.15, 0.2) is 218 Å². The second-order valence-electron chi connectivity index (χ2n) is 16.2. The van der Waals surface area contributed by atoms with Gasteiger partial charge >= 0.3 is 0 Å². The van der Waals surface area contributed by atoms with Crippen LogP contribution in [0.4, 0.5) is 34.1 Å². The fourth-order valence-electron chi connectivity index (χ4n) is 9.42. The van der Waals surface area contributed by atoms with E-state index >= 15 is 0 Å². The van der Waals surface area contributed by atoms with Gasteiger partial charge in [-0.2, -0.15) is 0 Å². The molecule has 1 aliphatic rings. The quantitative estimate of drug-likeness (QED) is 0.160. The first-order chi connectivity index (χ1) is 29.0. The van der Waals surface area contributed by atoms with E-state index in [1.165, 1.54) is 65.7 Å². The molecule has 0 atom stereocenters. The van der Waals surface area contributed by atoms with Gasteiger partial charge in [0.1, 0.15) is 0 Å².